The quantitative estimate of drug-likeness (QED) is 0.819. The molecule has 1 aromatic heterocycles. The number of hydrogen-bond donors (Lipinski definition) is 2. The monoisotopic (exact) mass is 261 g/mol. The lowest BCUT2D eigenvalue weighted by Gasteiger charge is -2.09. The number of nitrogens with one attached hydrogen (secondary N) is 1. The summed E-state index contributed by atoms with van der Waals surface area (Å²) in [6.45, 7) is 11.1. The summed E-state index contributed by atoms with van der Waals surface area (Å²) in [6, 6.07) is 0. The molecule has 1 atom stereocenters. The number of aliphatic hydroxyl groups is 1. The first-order valence-electron chi connectivity index (χ1n) is 5.94. The zero-order valence-corrected chi connectivity index (χ0v) is 12.0. The van der Waals surface area contributed by atoms with Gasteiger partial charge in [-0.2, -0.15) is 5.10 Å². The van der Waals surface area contributed by atoms with Gasteiger partial charge in [0.1, 0.15) is 0 Å². The summed E-state index contributed by atoms with van der Waals surface area (Å²) in [6.07, 6.45) is 0. The van der Waals surface area contributed by atoms with Crippen molar-refractivity contribution in [3.05, 3.63) is 17.0 Å². The fourth-order valence-electron chi connectivity index (χ4n) is 1.81. The predicted octanol–water partition coefficient (Wildman–Crippen LogP) is 1.66. The Labute approximate surface area is 110 Å². The fraction of sp³-hybridized carbons (Fsp3) is 0.750. The summed E-state index contributed by atoms with van der Waals surface area (Å²) in [4.78, 5) is 0. The number of nitrogens with zero attached hydrogens (tertiary/aromatic N) is 2. The van der Waals surface area contributed by atoms with Crippen molar-refractivity contribution in [1.29, 1.82) is 0 Å². The van der Waals surface area contributed by atoms with Gasteiger partial charge >= 0.3 is 0 Å². The molecule has 1 heterocycles. The van der Waals surface area contributed by atoms with Gasteiger partial charge in [0.2, 0.25) is 0 Å². The molecule has 100 valence electrons. The standard InChI is InChI=1S/C12H23N3O.ClH/c1-5-15-11(4)12(10(3)14-15)7-13-6-9(2)8-16;/h9,13,16H,5-8H2,1-4H3;1H. The van der Waals surface area contributed by atoms with E-state index in [0.717, 1.165) is 25.3 Å². The Hall–Kier alpha value is -0.580. The molecule has 0 aliphatic rings. The van der Waals surface area contributed by atoms with Crippen molar-refractivity contribution in [3.8, 4) is 0 Å². The van der Waals surface area contributed by atoms with Crippen LogP contribution >= 0.6 is 12.4 Å². The van der Waals surface area contributed by atoms with E-state index >= 15 is 0 Å². The molecule has 4 nitrogen and oxygen atoms in total. The van der Waals surface area contributed by atoms with Crippen LogP contribution in [0.15, 0.2) is 0 Å². The second kappa shape index (κ2) is 7.69. The Morgan fingerprint density at radius 2 is 2.06 bits per heavy atom. The molecule has 17 heavy (non-hydrogen) atoms. The first kappa shape index (κ1) is 16.4. The molecule has 0 fully saturated rings. The van der Waals surface area contributed by atoms with Gasteiger partial charge in [0, 0.05) is 37.5 Å². The van der Waals surface area contributed by atoms with Crippen molar-refractivity contribution in [2.75, 3.05) is 13.2 Å². The van der Waals surface area contributed by atoms with Crippen LogP contribution < -0.4 is 5.32 Å². The maximum atomic E-state index is 8.93. The lowest BCUT2D eigenvalue weighted by Crippen LogP contribution is -2.23. The molecular weight excluding hydrogens is 238 g/mol. The minimum Gasteiger partial charge on any atom is -0.396 e. The minimum absolute atomic E-state index is 0. The molecule has 0 radical (unpaired) electrons. The summed E-state index contributed by atoms with van der Waals surface area (Å²) < 4.78 is 2.03. The largest absolute Gasteiger partial charge is 0.396 e. The topological polar surface area (TPSA) is 50.1 Å². The molecular formula is C12H24ClN3O. The highest BCUT2D eigenvalue weighted by molar-refractivity contribution is 5.85. The maximum absolute atomic E-state index is 8.93. The van der Waals surface area contributed by atoms with Crippen molar-refractivity contribution < 1.29 is 5.11 Å². The Morgan fingerprint density at radius 1 is 1.41 bits per heavy atom. The average molecular weight is 262 g/mol. The zero-order chi connectivity index (χ0) is 12.1. The third-order valence-electron chi connectivity index (χ3n) is 2.94. The van der Waals surface area contributed by atoms with Crippen LogP contribution in [0.4, 0.5) is 0 Å². The summed E-state index contributed by atoms with van der Waals surface area (Å²) in [5, 5.41) is 16.8. The van der Waals surface area contributed by atoms with Crippen molar-refractivity contribution in [2.24, 2.45) is 5.92 Å². The summed E-state index contributed by atoms with van der Waals surface area (Å²) in [5.41, 5.74) is 3.62. The van der Waals surface area contributed by atoms with Crippen LogP contribution in [0.3, 0.4) is 0 Å². The van der Waals surface area contributed by atoms with Crippen LogP contribution in [0.25, 0.3) is 0 Å². The normalized spacial score (nSPS) is 12.3. The molecule has 0 amide bonds. The van der Waals surface area contributed by atoms with Gasteiger partial charge < -0.3 is 10.4 Å². The molecule has 0 saturated heterocycles. The molecule has 1 aromatic rings. The van der Waals surface area contributed by atoms with E-state index in [1.54, 1.807) is 0 Å². The van der Waals surface area contributed by atoms with Gasteiger partial charge in [-0.1, -0.05) is 6.92 Å². The maximum Gasteiger partial charge on any atom is 0.0641 e. The van der Waals surface area contributed by atoms with Crippen LogP contribution in [-0.2, 0) is 13.1 Å². The van der Waals surface area contributed by atoms with Crippen molar-refractivity contribution >= 4 is 12.4 Å². The molecule has 0 aromatic carbocycles. The number of aryl methyl sites for hydroxylation is 2. The van der Waals surface area contributed by atoms with Crippen molar-refractivity contribution in [3.63, 3.8) is 0 Å². The smallest absolute Gasteiger partial charge is 0.0641 e. The van der Waals surface area contributed by atoms with E-state index in [2.05, 4.69) is 24.3 Å². The van der Waals surface area contributed by atoms with E-state index < -0.39 is 0 Å². The van der Waals surface area contributed by atoms with E-state index in [-0.39, 0.29) is 19.0 Å². The van der Waals surface area contributed by atoms with Gasteiger partial charge in [-0.25, -0.2) is 0 Å². The number of rotatable bonds is 6. The van der Waals surface area contributed by atoms with Crippen LogP contribution in [-0.4, -0.2) is 28.0 Å². The molecule has 0 spiro atoms. The lowest BCUT2D eigenvalue weighted by atomic mass is 10.1. The second-order valence-electron chi connectivity index (χ2n) is 4.38. The summed E-state index contributed by atoms with van der Waals surface area (Å²) in [7, 11) is 0. The Balaban J connectivity index is 0.00000256. The van der Waals surface area contributed by atoms with Gasteiger partial charge in [-0.15, -0.1) is 12.4 Å². The Morgan fingerprint density at radius 3 is 2.53 bits per heavy atom. The average Bonchev–Trinajstić information content (AvgIpc) is 2.55. The van der Waals surface area contributed by atoms with Gasteiger partial charge in [0.15, 0.2) is 0 Å². The van der Waals surface area contributed by atoms with E-state index in [1.165, 1.54) is 11.3 Å². The highest BCUT2D eigenvalue weighted by Gasteiger charge is 2.10. The third-order valence-corrected chi connectivity index (χ3v) is 2.94. The highest BCUT2D eigenvalue weighted by Crippen LogP contribution is 2.12. The predicted molar refractivity (Wildman–Crippen MR) is 72.6 cm³/mol. The minimum atomic E-state index is 0. The summed E-state index contributed by atoms with van der Waals surface area (Å²) in [5.74, 6) is 0.307. The molecule has 0 aliphatic heterocycles. The van der Waals surface area contributed by atoms with E-state index in [0.29, 0.717) is 5.92 Å². The molecule has 0 aliphatic carbocycles. The fourth-order valence-corrected chi connectivity index (χ4v) is 1.81. The van der Waals surface area contributed by atoms with Gasteiger partial charge in [-0.05, 0) is 26.7 Å². The summed E-state index contributed by atoms with van der Waals surface area (Å²) >= 11 is 0. The van der Waals surface area contributed by atoms with Gasteiger partial charge in [-0.3, -0.25) is 4.68 Å². The molecule has 2 N–H and O–H groups in total. The van der Waals surface area contributed by atoms with Gasteiger partial charge in [0.05, 0.1) is 5.69 Å². The number of hydrogen-bond acceptors (Lipinski definition) is 3. The lowest BCUT2D eigenvalue weighted by molar-refractivity contribution is 0.233. The first-order valence-corrected chi connectivity index (χ1v) is 5.94. The van der Waals surface area contributed by atoms with Crippen molar-refractivity contribution in [2.45, 2.75) is 40.8 Å². The van der Waals surface area contributed by atoms with E-state index in [9.17, 15) is 0 Å². The first-order chi connectivity index (χ1) is 7.60. The van der Waals surface area contributed by atoms with Gasteiger partial charge in [0.25, 0.3) is 0 Å². The van der Waals surface area contributed by atoms with E-state index in [1.807, 2.05) is 18.5 Å². The molecule has 0 saturated carbocycles. The SMILES string of the molecule is CCn1nc(C)c(CNCC(C)CO)c1C.Cl. The highest BCUT2D eigenvalue weighted by atomic mass is 35.5. The molecule has 1 unspecified atom stereocenters. The van der Waals surface area contributed by atoms with Crippen LogP contribution in [0.2, 0.25) is 0 Å². The number of aromatic nitrogens is 2. The number of halogens is 1. The second-order valence-corrected chi connectivity index (χ2v) is 4.38. The molecule has 0 bridgehead atoms. The van der Waals surface area contributed by atoms with Crippen LogP contribution in [0, 0.1) is 19.8 Å². The van der Waals surface area contributed by atoms with Crippen LogP contribution in [0.1, 0.15) is 30.8 Å². The Kier molecular flexibility index (Phi) is 7.43. The third kappa shape index (κ3) is 4.30. The van der Waals surface area contributed by atoms with Crippen molar-refractivity contribution in [1.82, 2.24) is 15.1 Å². The zero-order valence-electron chi connectivity index (χ0n) is 11.2. The number of aliphatic hydroxyl groups excluding tert-OH is 1. The Bertz CT molecular complexity index is 339. The molecule has 5 heteroatoms. The van der Waals surface area contributed by atoms with Crippen LogP contribution in [0.5, 0.6) is 0 Å². The molecule has 1 rings (SSSR count). The van der Waals surface area contributed by atoms with E-state index in [4.69, 9.17) is 5.11 Å².